The van der Waals surface area contributed by atoms with E-state index in [1.54, 1.807) is 0 Å². The molecule has 1 aliphatic rings. The molecule has 0 aromatic carbocycles. The van der Waals surface area contributed by atoms with Gasteiger partial charge in [-0.25, -0.2) is 15.0 Å². The van der Waals surface area contributed by atoms with Crippen molar-refractivity contribution in [3.05, 3.63) is 12.7 Å². The number of carbonyl (C=O) groups is 1. The largest absolute Gasteiger partial charge is 0.387 e. The minimum Gasteiger partial charge on any atom is -0.387 e. The topological polar surface area (TPSA) is 214 Å². The number of imidazole rings is 1. The summed E-state index contributed by atoms with van der Waals surface area (Å²) in [7, 11) is -5.39. The van der Waals surface area contributed by atoms with Crippen LogP contribution < -0.4 is 5.73 Å². The molecule has 1 unspecified atom stereocenters. The predicted octanol–water partition coefficient (Wildman–Crippen LogP) is -2.73. The molecule has 142 valence electrons. The van der Waals surface area contributed by atoms with Gasteiger partial charge >= 0.3 is 7.60 Å². The molecule has 3 heterocycles. The van der Waals surface area contributed by atoms with Gasteiger partial charge in [0.2, 0.25) is 0 Å². The maximum atomic E-state index is 12.3. The van der Waals surface area contributed by atoms with Gasteiger partial charge in [-0.15, -0.1) is 0 Å². The highest BCUT2D eigenvalue weighted by Crippen LogP contribution is 2.61. The van der Waals surface area contributed by atoms with Gasteiger partial charge in [0.1, 0.15) is 42.6 Å². The molecule has 7 N–H and O–H groups in total. The van der Waals surface area contributed by atoms with E-state index in [1.165, 1.54) is 0 Å². The highest BCUT2D eigenvalue weighted by molar-refractivity contribution is 7.52. The van der Waals surface area contributed by atoms with E-state index < -0.39 is 43.3 Å². The van der Waals surface area contributed by atoms with E-state index in [9.17, 15) is 34.5 Å². The minimum absolute atomic E-state index is 0.0267. The number of aliphatic hydroxyl groups is 3. The molecule has 1 saturated heterocycles. The number of aromatic nitrogens is 4. The SMILES string of the molecule is CC(=O)C(O)[C@H]1O[C@](n2cnc3c(N)ncnc32)(P(=O)(O)O)[C@H](O)[C@@H]1O. The number of rotatable bonds is 4. The third-order valence-corrected chi connectivity index (χ3v) is 5.63. The first-order valence-electron chi connectivity index (χ1n) is 7.24. The van der Waals surface area contributed by atoms with Gasteiger partial charge in [-0.3, -0.25) is 13.9 Å². The molecule has 1 aliphatic heterocycles. The standard InChI is InChI=1S/C12H16N5O8P/c1-4(18)6(19)8-7(20)9(21)12(25-8,26(22,23)24)17-3-16-5-10(13)14-2-15-11(5)17/h2-3,6-9,19-21H,1H3,(H2,13,14,15)(H2,22,23,24)/t6?,7-,8-,9-,12+/m1/s1. The van der Waals surface area contributed by atoms with E-state index in [2.05, 4.69) is 15.0 Å². The lowest BCUT2D eigenvalue weighted by molar-refractivity contribution is -0.145. The van der Waals surface area contributed by atoms with E-state index in [0.29, 0.717) is 4.57 Å². The number of nitrogens with zero attached hydrogens (tertiary/aromatic N) is 4. The summed E-state index contributed by atoms with van der Waals surface area (Å²) in [6.07, 6.45) is -6.04. The minimum atomic E-state index is -5.39. The summed E-state index contributed by atoms with van der Waals surface area (Å²) in [6, 6.07) is 0. The maximum Gasteiger partial charge on any atom is 0.381 e. The van der Waals surface area contributed by atoms with Crippen LogP contribution in [-0.2, 0) is 19.6 Å². The number of nitrogens with two attached hydrogens (primary N) is 1. The molecule has 0 amide bonds. The summed E-state index contributed by atoms with van der Waals surface area (Å²) in [4.78, 5) is 42.6. The van der Waals surface area contributed by atoms with E-state index in [0.717, 1.165) is 19.6 Å². The fourth-order valence-corrected chi connectivity index (χ4v) is 4.08. The van der Waals surface area contributed by atoms with Gasteiger partial charge in [0.25, 0.3) is 5.47 Å². The number of Topliss-reactive ketones (excluding diaryl/α,β-unsaturated/α-hetero) is 1. The zero-order valence-corrected chi connectivity index (χ0v) is 14.1. The maximum absolute atomic E-state index is 12.3. The van der Waals surface area contributed by atoms with Crippen LogP contribution in [0.2, 0.25) is 0 Å². The molecule has 0 aliphatic carbocycles. The first-order chi connectivity index (χ1) is 12.0. The number of carbonyl (C=O) groups excluding carboxylic acids is 1. The number of hydrogen-bond acceptors (Lipinski definition) is 10. The monoisotopic (exact) mass is 389 g/mol. The van der Waals surface area contributed by atoms with Crippen LogP contribution in [0.1, 0.15) is 6.92 Å². The molecule has 2 aromatic rings. The molecule has 0 bridgehead atoms. The quantitative estimate of drug-likeness (QED) is 0.294. The fraction of sp³-hybridized carbons (Fsp3) is 0.500. The van der Waals surface area contributed by atoms with Crippen LogP contribution in [0.5, 0.6) is 0 Å². The molecular weight excluding hydrogens is 373 g/mol. The summed E-state index contributed by atoms with van der Waals surface area (Å²) >= 11 is 0. The Hall–Kier alpha value is -1.99. The molecule has 0 saturated carbocycles. The van der Waals surface area contributed by atoms with Gasteiger partial charge in [-0.1, -0.05) is 0 Å². The number of anilines is 1. The van der Waals surface area contributed by atoms with Crippen molar-refractivity contribution in [3.8, 4) is 0 Å². The Morgan fingerprint density at radius 3 is 2.62 bits per heavy atom. The number of ketones is 1. The van der Waals surface area contributed by atoms with Crippen LogP contribution in [0.3, 0.4) is 0 Å². The van der Waals surface area contributed by atoms with E-state index in [1.807, 2.05) is 0 Å². The Labute approximate surface area is 145 Å². The van der Waals surface area contributed by atoms with Crippen molar-refractivity contribution in [2.24, 2.45) is 0 Å². The Balaban J connectivity index is 2.25. The number of nitrogen functional groups attached to an aromatic ring is 1. The summed E-state index contributed by atoms with van der Waals surface area (Å²) in [5.74, 6) is -0.923. The second-order valence-electron chi connectivity index (χ2n) is 5.82. The van der Waals surface area contributed by atoms with Crippen LogP contribution in [0, 0.1) is 0 Å². The van der Waals surface area contributed by atoms with Gasteiger partial charge in [-0.2, -0.15) is 0 Å². The Bertz CT molecular complexity index is 914. The summed E-state index contributed by atoms with van der Waals surface area (Å²) in [5.41, 5.74) is 2.54. The van der Waals surface area contributed by atoms with Gasteiger partial charge in [0, 0.05) is 0 Å². The Morgan fingerprint density at radius 1 is 1.38 bits per heavy atom. The molecule has 0 spiro atoms. The highest BCUT2D eigenvalue weighted by atomic mass is 31.2. The highest BCUT2D eigenvalue weighted by Gasteiger charge is 2.67. The van der Waals surface area contributed by atoms with Crippen molar-refractivity contribution in [1.29, 1.82) is 0 Å². The van der Waals surface area contributed by atoms with Crippen LogP contribution in [0.15, 0.2) is 12.7 Å². The second kappa shape index (κ2) is 6.03. The third kappa shape index (κ3) is 2.45. The molecule has 2 aromatic heterocycles. The third-order valence-electron chi connectivity index (χ3n) is 4.21. The van der Waals surface area contributed by atoms with Crippen molar-refractivity contribution < 1.29 is 39.2 Å². The lowest BCUT2D eigenvalue weighted by atomic mass is 10.0. The summed E-state index contributed by atoms with van der Waals surface area (Å²) in [6.45, 7) is 0.991. The lowest BCUT2D eigenvalue weighted by Gasteiger charge is -2.33. The lowest BCUT2D eigenvalue weighted by Crippen LogP contribution is -2.45. The molecule has 0 radical (unpaired) electrons. The Kier molecular flexibility index (Phi) is 4.36. The first-order valence-corrected chi connectivity index (χ1v) is 8.85. The molecular formula is C12H16N5O8P. The number of fused-ring (bicyclic) bond motifs is 1. The van der Waals surface area contributed by atoms with Crippen molar-refractivity contribution in [2.75, 3.05) is 5.73 Å². The number of ether oxygens (including phenoxy) is 1. The van der Waals surface area contributed by atoms with Crippen molar-refractivity contribution in [2.45, 2.75) is 36.8 Å². The molecule has 1 fully saturated rings. The molecule has 13 nitrogen and oxygen atoms in total. The predicted molar refractivity (Wildman–Crippen MR) is 83.3 cm³/mol. The van der Waals surface area contributed by atoms with E-state index in [-0.39, 0.29) is 17.0 Å². The first kappa shape index (κ1) is 18.8. The average molecular weight is 389 g/mol. The summed E-state index contributed by atoms with van der Waals surface area (Å²) < 4.78 is 18.2. The van der Waals surface area contributed by atoms with Crippen LogP contribution >= 0.6 is 7.60 Å². The van der Waals surface area contributed by atoms with Gasteiger partial charge in [0.15, 0.2) is 17.2 Å². The second-order valence-corrected chi connectivity index (χ2v) is 7.55. The zero-order valence-electron chi connectivity index (χ0n) is 13.2. The normalized spacial score (nSPS) is 30.6. The number of hydrogen-bond donors (Lipinski definition) is 6. The Morgan fingerprint density at radius 2 is 2.04 bits per heavy atom. The molecule has 14 heteroatoms. The fourth-order valence-electron chi connectivity index (χ4n) is 2.89. The zero-order chi connectivity index (χ0) is 19.4. The van der Waals surface area contributed by atoms with Crippen molar-refractivity contribution in [1.82, 2.24) is 19.5 Å². The van der Waals surface area contributed by atoms with E-state index >= 15 is 0 Å². The molecule has 5 atom stereocenters. The van der Waals surface area contributed by atoms with Crippen LogP contribution in [0.4, 0.5) is 5.82 Å². The van der Waals surface area contributed by atoms with Crippen molar-refractivity contribution >= 4 is 30.4 Å². The molecule has 3 rings (SSSR count). The van der Waals surface area contributed by atoms with E-state index in [4.69, 9.17) is 10.5 Å². The molecule has 26 heavy (non-hydrogen) atoms. The van der Waals surface area contributed by atoms with Crippen molar-refractivity contribution in [3.63, 3.8) is 0 Å². The van der Waals surface area contributed by atoms with Gasteiger partial charge < -0.3 is 35.6 Å². The van der Waals surface area contributed by atoms with Gasteiger partial charge in [-0.05, 0) is 6.92 Å². The van der Waals surface area contributed by atoms with Crippen LogP contribution in [-0.4, -0.2) is 74.8 Å². The summed E-state index contributed by atoms with van der Waals surface area (Å²) in [5, 5.41) is 30.5. The average Bonchev–Trinajstić information content (AvgIpc) is 3.09. The van der Waals surface area contributed by atoms with Gasteiger partial charge in [0.05, 0.1) is 0 Å². The number of aliphatic hydroxyl groups excluding tert-OH is 3. The smallest absolute Gasteiger partial charge is 0.381 e. The van der Waals surface area contributed by atoms with Crippen LogP contribution in [0.25, 0.3) is 11.2 Å².